The van der Waals surface area contributed by atoms with Crippen molar-refractivity contribution in [2.45, 2.75) is 39.4 Å². The minimum absolute atomic E-state index is 0.189. The van der Waals surface area contributed by atoms with Crippen molar-refractivity contribution in [1.82, 2.24) is 0 Å². The van der Waals surface area contributed by atoms with Gasteiger partial charge < -0.3 is 14.2 Å². The molecule has 0 fully saturated rings. The van der Waals surface area contributed by atoms with E-state index in [1.807, 2.05) is 0 Å². The average molecular weight is 256 g/mol. The van der Waals surface area contributed by atoms with Gasteiger partial charge in [0.1, 0.15) is 0 Å². The second kappa shape index (κ2) is 6.00. The maximum absolute atomic E-state index is 12.1. The van der Waals surface area contributed by atoms with E-state index in [4.69, 9.17) is 14.2 Å². The predicted octanol–water partition coefficient (Wildman–Crippen LogP) is 1.46. The molecule has 102 valence electrons. The number of hydrogen-bond donors (Lipinski definition) is 0. The molecule has 0 N–H and O–H groups in total. The van der Waals surface area contributed by atoms with Crippen LogP contribution in [0.1, 0.15) is 27.7 Å². The van der Waals surface area contributed by atoms with Gasteiger partial charge in [0.05, 0.1) is 19.3 Å². The van der Waals surface area contributed by atoms with Gasteiger partial charge in [0.2, 0.25) is 0 Å². The first kappa shape index (κ1) is 14.7. The molecule has 1 aliphatic heterocycles. The molecule has 2 atom stereocenters. The maximum atomic E-state index is 12.1. The van der Waals surface area contributed by atoms with Gasteiger partial charge in [0, 0.05) is 5.92 Å². The van der Waals surface area contributed by atoms with Gasteiger partial charge in [0.25, 0.3) is 5.60 Å². The molecule has 0 amide bonds. The van der Waals surface area contributed by atoms with Crippen LogP contribution in [0.4, 0.5) is 0 Å². The number of esters is 2. The molecule has 0 saturated heterocycles. The molecule has 5 nitrogen and oxygen atoms in total. The van der Waals surface area contributed by atoms with E-state index in [0.29, 0.717) is 0 Å². The van der Waals surface area contributed by atoms with E-state index in [2.05, 4.69) is 0 Å². The lowest BCUT2D eigenvalue weighted by Crippen LogP contribution is -2.58. The Bertz CT molecular complexity index is 329. The van der Waals surface area contributed by atoms with Crippen molar-refractivity contribution in [3.8, 4) is 0 Å². The molecule has 1 heterocycles. The van der Waals surface area contributed by atoms with Crippen LogP contribution in [0.5, 0.6) is 0 Å². The summed E-state index contributed by atoms with van der Waals surface area (Å²) in [5, 5.41) is 0. The molecule has 1 rings (SSSR count). The monoisotopic (exact) mass is 256 g/mol. The molecule has 0 aliphatic carbocycles. The Morgan fingerprint density at radius 3 is 2.06 bits per heavy atom. The summed E-state index contributed by atoms with van der Waals surface area (Å²) in [5.74, 6) is -1.80. The Hall–Kier alpha value is -1.36. The fourth-order valence-electron chi connectivity index (χ4n) is 1.93. The molecule has 5 heteroatoms. The third kappa shape index (κ3) is 2.56. The van der Waals surface area contributed by atoms with Crippen molar-refractivity contribution in [3.05, 3.63) is 12.2 Å². The molecular weight excluding hydrogens is 236 g/mol. The zero-order valence-electron chi connectivity index (χ0n) is 11.3. The Kier molecular flexibility index (Phi) is 4.90. The van der Waals surface area contributed by atoms with Gasteiger partial charge in [-0.05, 0) is 20.8 Å². The Morgan fingerprint density at radius 2 is 1.61 bits per heavy atom. The van der Waals surface area contributed by atoms with Crippen LogP contribution in [0, 0.1) is 5.92 Å². The van der Waals surface area contributed by atoms with E-state index >= 15 is 0 Å². The van der Waals surface area contributed by atoms with Gasteiger partial charge in [-0.15, -0.1) is 0 Å². The van der Waals surface area contributed by atoms with Crippen LogP contribution in [0.15, 0.2) is 12.2 Å². The Labute approximate surface area is 107 Å². The minimum atomic E-state index is -1.68. The van der Waals surface area contributed by atoms with Crippen LogP contribution in [0.3, 0.4) is 0 Å². The molecule has 0 bridgehead atoms. The van der Waals surface area contributed by atoms with E-state index in [0.717, 1.165) is 0 Å². The molecule has 0 aromatic rings. The van der Waals surface area contributed by atoms with Crippen molar-refractivity contribution < 1.29 is 23.8 Å². The zero-order valence-corrected chi connectivity index (χ0v) is 11.3. The highest BCUT2D eigenvalue weighted by molar-refractivity contribution is 6.04. The van der Waals surface area contributed by atoms with E-state index in [-0.39, 0.29) is 19.3 Å². The summed E-state index contributed by atoms with van der Waals surface area (Å²) < 4.78 is 15.5. The second-order valence-corrected chi connectivity index (χ2v) is 4.17. The van der Waals surface area contributed by atoms with Crippen LogP contribution in [0.25, 0.3) is 0 Å². The summed E-state index contributed by atoms with van der Waals surface area (Å²) in [6.45, 7) is 7.24. The Balaban J connectivity index is 3.12. The molecule has 0 saturated carbocycles. The summed E-state index contributed by atoms with van der Waals surface area (Å²) in [6.07, 6.45) is 3.25. The topological polar surface area (TPSA) is 61.8 Å². The second-order valence-electron chi connectivity index (χ2n) is 4.17. The molecule has 1 aliphatic rings. The van der Waals surface area contributed by atoms with Gasteiger partial charge in [-0.1, -0.05) is 19.1 Å². The standard InChI is InChI=1S/C13H20O5/c1-5-16-11(14)13(12(15)17-6-2)9(3)7-8-10(4)18-13/h7-10H,5-6H2,1-4H3/t9-,10-/m1/s1. The zero-order chi connectivity index (χ0) is 13.8. The molecular formula is C13H20O5. The third-order valence-electron chi connectivity index (χ3n) is 2.84. The van der Waals surface area contributed by atoms with Crippen LogP contribution in [0.2, 0.25) is 0 Å². The number of hydrogen-bond acceptors (Lipinski definition) is 5. The van der Waals surface area contributed by atoms with Gasteiger partial charge in [-0.3, -0.25) is 0 Å². The van der Waals surface area contributed by atoms with Crippen LogP contribution < -0.4 is 0 Å². The summed E-state index contributed by atoms with van der Waals surface area (Å²) in [7, 11) is 0. The quantitative estimate of drug-likeness (QED) is 0.433. The average Bonchev–Trinajstić information content (AvgIpc) is 2.32. The fourth-order valence-corrected chi connectivity index (χ4v) is 1.93. The first-order valence-corrected chi connectivity index (χ1v) is 6.19. The molecule has 0 aromatic heterocycles. The summed E-state index contributed by atoms with van der Waals surface area (Å²) >= 11 is 0. The fraction of sp³-hybridized carbons (Fsp3) is 0.692. The SMILES string of the molecule is CCOC(=O)C1(C(=O)OCC)O[C@H](C)C=C[C@H]1C. The van der Waals surface area contributed by atoms with E-state index < -0.39 is 23.5 Å². The molecule has 0 aromatic carbocycles. The molecule has 0 spiro atoms. The first-order valence-electron chi connectivity index (χ1n) is 6.19. The van der Waals surface area contributed by atoms with Gasteiger partial charge in [0.15, 0.2) is 0 Å². The lowest BCUT2D eigenvalue weighted by Gasteiger charge is -2.37. The van der Waals surface area contributed by atoms with E-state index in [9.17, 15) is 9.59 Å². The number of carbonyl (C=O) groups is 2. The summed E-state index contributed by atoms with van der Waals surface area (Å²) in [5.41, 5.74) is -1.68. The van der Waals surface area contributed by atoms with Crippen molar-refractivity contribution in [3.63, 3.8) is 0 Å². The number of carbonyl (C=O) groups excluding carboxylic acids is 2. The van der Waals surface area contributed by atoms with E-state index in [1.54, 1.807) is 39.8 Å². The Morgan fingerprint density at radius 1 is 1.11 bits per heavy atom. The van der Waals surface area contributed by atoms with Crippen molar-refractivity contribution >= 4 is 11.9 Å². The van der Waals surface area contributed by atoms with Gasteiger partial charge in [-0.2, -0.15) is 0 Å². The summed E-state index contributed by atoms with van der Waals surface area (Å²) in [6, 6.07) is 0. The minimum Gasteiger partial charge on any atom is -0.463 e. The normalized spacial score (nSPS) is 25.6. The van der Waals surface area contributed by atoms with Gasteiger partial charge in [-0.25, -0.2) is 9.59 Å². The van der Waals surface area contributed by atoms with Gasteiger partial charge >= 0.3 is 11.9 Å². The van der Waals surface area contributed by atoms with Crippen molar-refractivity contribution in [2.24, 2.45) is 5.92 Å². The van der Waals surface area contributed by atoms with Crippen LogP contribution in [-0.2, 0) is 23.8 Å². The number of rotatable bonds is 4. The van der Waals surface area contributed by atoms with Crippen molar-refractivity contribution in [1.29, 1.82) is 0 Å². The van der Waals surface area contributed by atoms with Crippen LogP contribution >= 0.6 is 0 Å². The first-order chi connectivity index (χ1) is 8.48. The van der Waals surface area contributed by atoms with Crippen LogP contribution in [-0.4, -0.2) is 36.9 Å². The molecule has 18 heavy (non-hydrogen) atoms. The molecule has 0 unspecified atom stereocenters. The highest BCUT2D eigenvalue weighted by atomic mass is 16.6. The van der Waals surface area contributed by atoms with Crippen molar-refractivity contribution in [2.75, 3.05) is 13.2 Å². The smallest absolute Gasteiger partial charge is 0.350 e. The maximum Gasteiger partial charge on any atom is 0.350 e. The molecule has 0 radical (unpaired) electrons. The van der Waals surface area contributed by atoms with E-state index in [1.165, 1.54) is 0 Å². The lowest BCUT2D eigenvalue weighted by molar-refractivity contribution is -0.201. The largest absolute Gasteiger partial charge is 0.463 e. The summed E-state index contributed by atoms with van der Waals surface area (Å²) in [4.78, 5) is 24.2. The number of ether oxygens (including phenoxy) is 3. The lowest BCUT2D eigenvalue weighted by atomic mass is 9.85. The highest BCUT2D eigenvalue weighted by Gasteiger charge is 2.56. The highest BCUT2D eigenvalue weighted by Crippen LogP contribution is 2.32. The predicted molar refractivity (Wildman–Crippen MR) is 64.8 cm³/mol. The third-order valence-corrected chi connectivity index (χ3v) is 2.84.